The summed E-state index contributed by atoms with van der Waals surface area (Å²) in [7, 11) is 0. The van der Waals surface area contributed by atoms with Crippen LogP contribution < -0.4 is 10.1 Å². The summed E-state index contributed by atoms with van der Waals surface area (Å²) in [4.78, 5) is 4.56. The summed E-state index contributed by atoms with van der Waals surface area (Å²) < 4.78 is 11.9. The zero-order valence-electron chi connectivity index (χ0n) is 13.0. The minimum atomic E-state index is -0.00779. The first-order chi connectivity index (χ1) is 9.50. The Labute approximate surface area is 121 Å². The fraction of sp³-hybridized carbons (Fsp3) is 0.688. The van der Waals surface area contributed by atoms with Gasteiger partial charge in [0.25, 0.3) is 0 Å². The van der Waals surface area contributed by atoms with Crippen molar-refractivity contribution in [1.82, 2.24) is 10.3 Å². The van der Waals surface area contributed by atoms with Gasteiger partial charge in [-0.3, -0.25) is 4.98 Å². The van der Waals surface area contributed by atoms with Gasteiger partial charge in [0.1, 0.15) is 12.4 Å². The number of hydrogen-bond acceptors (Lipinski definition) is 4. The Bertz CT molecular complexity index is 446. The fourth-order valence-corrected chi connectivity index (χ4v) is 2.48. The number of pyridine rings is 1. The molecule has 0 aromatic carbocycles. The second kappa shape index (κ2) is 6.55. The van der Waals surface area contributed by atoms with E-state index in [-0.39, 0.29) is 11.7 Å². The van der Waals surface area contributed by atoms with Crippen LogP contribution >= 0.6 is 0 Å². The molecule has 0 aliphatic carbocycles. The predicted octanol–water partition coefficient (Wildman–Crippen LogP) is 2.84. The molecule has 1 saturated heterocycles. The van der Waals surface area contributed by atoms with Gasteiger partial charge in [-0.2, -0.15) is 0 Å². The highest BCUT2D eigenvalue weighted by Gasteiger charge is 2.32. The van der Waals surface area contributed by atoms with Crippen molar-refractivity contribution in [2.75, 3.05) is 13.2 Å². The van der Waals surface area contributed by atoms with Crippen LogP contribution in [0.1, 0.15) is 45.0 Å². The lowest BCUT2D eigenvalue weighted by molar-refractivity contribution is -0.0328. The molecule has 0 radical (unpaired) electrons. The van der Waals surface area contributed by atoms with Gasteiger partial charge in [0.15, 0.2) is 0 Å². The average molecular weight is 278 g/mol. The number of nitrogens with one attached hydrogen (secondary N) is 1. The van der Waals surface area contributed by atoms with E-state index in [9.17, 15) is 0 Å². The van der Waals surface area contributed by atoms with E-state index in [4.69, 9.17) is 9.47 Å². The molecule has 0 saturated carbocycles. The molecule has 0 spiro atoms. The van der Waals surface area contributed by atoms with Crippen LogP contribution in [0.4, 0.5) is 0 Å². The molecule has 0 amide bonds. The van der Waals surface area contributed by atoms with E-state index in [0.29, 0.717) is 6.61 Å². The van der Waals surface area contributed by atoms with Crippen molar-refractivity contribution in [2.45, 2.75) is 58.8 Å². The maximum atomic E-state index is 5.95. The van der Waals surface area contributed by atoms with Crippen LogP contribution in [-0.2, 0) is 11.3 Å². The standard InChI is InChI=1S/C16H26N2O2/c1-5-17-10-14-15(7-6-12(2)18-14)19-11-13-8-9-16(3,4)20-13/h6-7,13,17H,5,8-11H2,1-4H3. The summed E-state index contributed by atoms with van der Waals surface area (Å²) >= 11 is 0. The van der Waals surface area contributed by atoms with E-state index in [1.54, 1.807) is 0 Å². The largest absolute Gasteiger partial charge is 0.489 e. The molecule has 1 N–H and O–H groups in total. The second-order valence-electron chi connectivity index (χ2n) is 6.03. The third-order valence-electron chi connectivity index (χ3n) is 3.59. The summed E-state index contributed by atoms with van der Waals surface area (Å²) in [5.74, 6) is 0.866. The van der Waals surface area contributed by atoms with Crippen LogP contribution in [0.5, 0.6) is 5.75 Å². The van der Waals surface area contributed by atoms with E-state index in [0.717, 1.165) is 43.1 Å². The highest BCUT2D eigenvalue weighted by atomic mass is 16.6. The number of ether oxygens (including phenoxy) is 2. The summed E-state index contributed by atoms with van der Waals surface area (Å²) in [6.45, 7) is 10.6. The number of aromatic nitrogens is 1. The molecule has 20 heavy (non-hydrogen) atoms. The van der Waals surface area contributed by atoms with Crippen molar-refractivity contribution in [3.8, 4) is 5.75 Å². The molecular formula is C16H26N2O2. The van der Waals surface area contributed by atoms with Gasteiger partial charge in [-0.25, -0.2) is 0 Å². The molecule has 1 aromatic rings. The molecule has 2 heterocycles. The molecule has 4 nitrogen and oxygen atoms in total. The minimum Gasteiger partial charge on any atom is -0.489 e. The second-order valence-corrected chi connectivity index (χ2v) is 6.03. The first-order valence-corrected chi connectivity index (χ1v) is 7.48. The van der Waals surface area contributed by atoms with Crippen molar-refractivity contribution in [2.24, 2.45) is 0 Å². The predicted molar refractivity (Wildman–Crippen MR) is 80.0 cm³/mol. The Morgan fingerprint density at radius 1 is 1.45 bits per heavy atom. The van der Waals surface area contributed by atoms with Crippen molar-refractivity contribution >= 4 is 0 Å². The molecule has 1 unspecified atom stereocenters. The van der Waals surface area contributed by atoms with E-state index in [2.05, 4.69) is 31.1 Å². The highest BCUT2D eigenvalue weighted by molar-refractivity contribution is 5.29. The van der Waals surface area contributed by atoms with Crippen molar-refractivity contribution < 1.29 is 9.47 Å². The van der Waals surface area contributed by atoms with Crippen LogP contribution in [-0.4, -0.2) is 29.8 Å². The Balaban J connectivity index is 1.95. The smallest absolute Gasteiger partial charge is 0.142 e. The third kappa shape index (κ3) is 4.18. The van der Waals surface area contributed by atoms with Gasteiger partial charge in [-0.15, -0.1) is 0 Å². The lowest BCUT2D eigenvalue weighted by atomic mass is 10.1. The first-order valence-electron chi connectivity index (χ1n) is 7.48. The lowest BCUT2D eigenvalue weighted by Gasteiger charge is -2.20. The first kappa shape index (κ1) is 15.3. The monoisotopic (exact) mass is 278 g/mol. The molecule has 4 heteroatoms. The average Bonchev–Trinajstić information content (AvgIpc) is 2.75. The Morgan fingerprint density at radius 2 is 2.25 bits per heavy atom. The minimum absolute atomic E-state index is 0.00779. The van der Waals surface area contributed by atoms with E-state index < -0.39 is 0 Å². The Hall–Kier alpha value is -1.13. The van der Waals surface area contributed by atoms with Gasteiger partial charge >= 0.3 is 0 Å². The van der Waals surface area contributed by atoms with E-state index in [1.165, 1.54) is 0 Å². The summed E-state index contributed by atoms with van der Waals surface area (Å²) in [6, 6.07) is 4.00. The molecule has 1 aromatic heterocycles. The van der Waals surface area contributed by atoms with Crippen molar-refractivity contribution in [3.63, 3.8) is 0 Å². The summed E-state index contributed by atoms with van der Waals surface area (Å²) in [5.41, 5.74) is 1.99. The molecule has 112 valence electrons. The Kier molecular flexibility index (Phi) is 5.00. The molecule has 2 rings (SSSR count). The topological polar surface area (TPSA) is 43.4 Å². The zero-order chi connectivity index (χ0) is 14.6. The van der Waals surface area contributed by atoms with Crippen LogP contribution in [0.2, 0.25) is 0 Å². The molecule has 0 bridgehead atoms. The van der Waals surface area contributed by atoms with Gasteiger partial charge in [-0.05, 0) is 52.3 Å². The van der Waals surface area contributed by atoms with Crippen molar-refractivity contribution in [1.29, 1.82) is 0 Å². The normalized spacial score (nSPS) is 21.1. The molecule has 1 atom stereocenters. The number of nitrogens with zero attached hydrogens (tertiary/aromatic N) is 1. The van der Waals surface area contributed by atoms with Gasteiger partial charge in [0.05, 0.1) is 17.4 Å². The molecule has 1 fully saturated rings. The van der Waals surface area contributed by atoms with Crippen LogP contribution in [0.15, 0.2) is 12.1 Å². The van der Waals surface area contributed by atoms with Crippen LogP contribution in [0, 0.1) is 6.92 Å². The fourth-order valence-electron chi connectivity index (χ4n) is 2.48. The highest BCUT2D eigenvalue weighted by Crippen LogP contribution is 2.30. The summed E-state index contributed by atoms with van der Waals surface area (Å²) in [5, 5.41) is 3.30. The van der Waals surface area contributed by atoms with Gasteiger partial charge in [-0.1, -0.05) is 6.92 Å². The van der Waals surface area contributed by atoms with E-state index >= 15 is 0 Å². The van der Waals surface area contributed by atoms with Crippen LogP contribution in [0.25, 0.3) is 0 Å². The molecule has 1 aliphatic rings. The number of hydrogen-bond donors (Lipinski definition) is 1. The number of aryl methyl sites for hydroxylation is 1. The third-order valence-corrected chi connectivity index (χ3v) is 3.59. The molecule has 1 aliphatic heterocycles. The maximum Gasteiger partial charge on any atom is 0.142 e. The van der Waals surface area contributed by atoms with Gasteiger partial charge < -0.3 is 14.8 Å². The van der Waals surface area contributed by atoms with Crippen molar-refractivity contribution in [3.05, 3.63) is 23.5 Å². The zero-order valence-corrected chi connectivity index (χ0v) is 13.0. The molecular weight excluding hydrogens is 252 g/mol. The summed E-state index contributed by atoms with van der Waals surface area (Å²) in [6.07, 6.45) is 2.35. The quantitative estimate of drug-likeness (QED) is 0.869. The Morgan fingerprint density at radius 3 is 2.90 bits per heavy atom. The van der Waals surface area contributed by atoms with Gasteiger partial charge in [0.2, 0.25) is 0 Å². The number of rotatable bonds is 6. The maximum absolute atomic E-state index is 5.95. The lowest BCUT2D eigenvalue weighted by Crippen LogP contribution is -2.24. The van der Waals surface area contributed by atoms with E-state index in [1.807, 2.05) is 19.1 Å². The SMILES string of the molecule is CCNCc1nc(C)ccc1OCC1CCC(C)(C)O1. The van der Waals surface area contributed by atoms with Gasteiger partial charge in [0, 0.05) is 12.2 Å². The van der Waals surface area contributed by atoms with Crippen LogP contribution in [0.3, 0.4) is 0 Å².